The molecule has 13 heavy (non-hydrogen) atoms. The molecule has 1 atom stereocenters. The normalized spacial score (nSPS) is 12.2. The van der Waals surface area contributed by atoms with Gasteiger partial charge < -0.3 is 10.5 Å². The van der Waals surface area contributed by atoms with Gasteiger partial charge in [0.05, 0.1) is 7.11 Å². The summed E-state index contributed by atoms with van der Waals surface area (Å²) < 4.78 is 4.48. The molecule has 0 saturated carbocycles. The number of carbonyl (C=O) groups excluding carboxylic acids is 1. The van der Waals surface area contributed by atoms with Gasteiger partial charge in [0.15, 0.2) is 0 Å². The summed E-state index contributed by atoms with van der Waals surface area (Å²) in [5.74, 6) is -0.427. The lowest BCUT2D eigenvalue weighted by molar-refractivity contribution is -0.142. The molecule has 1 heterocycles. The monoisotopic (exact) mass is 181 g/mol. The Morgan fingerprint density at radius 1 is 1.62 bits per heavy atom. The quantitative estimate of drug-likeness (QED) is 0.637. The van der Waals surface area contributed by atoms with Crippen molar-refractivity contribution in [1.29, 1.82) is 0 Å². The largest absolute Gasteiger partial charge is 0.468 e. The van der Waals surface area contributed by atoms with Crippen molar-refractivity contribution in [3.63, 3.8) is 0 Å². The van der Waals surface area contributed by atoms with Crippen LogP contribution in [0.5, 0.6) is 0 Å². The van der Waals surface area contributed by atoms with Gasteiger partial charge in [0.1, 0.15) is 12.4 Å². The first-order valence-electron chi connectivity index (χ1n) is 3.81. The molecule has 0 saturated heterocycles. The van der Waals surface area contributed by atoms with Gasteiger partial charge in [0.25, 0.3) is 0 Å². The van der Waals surface area contributed by atoms with Gasteiger partial charge in [0.2, 0.25) is 0 Å². The van der Waals surface area contributed by atoms with E-state index in [0.29, 0.717) is 6.42 Å². The Hall–Kier alpha value is -1.49. The summed E-state index contributed by atoms with van der Waals surface area (Å²) in [5.41, 5.74) is 6.35. The minimum atomic E-state index is -0.643. The number of rotatable bonds is 3. The fraction of sp³-hybridized carbons (Fsp3) is 0.375. The Bertz CT molecular complexity index is 276. The van der Waals surface area contributed by atoms with Crippen molar-refractivity contribution in [3.05, 3.63) is 24.3 Å². The third-order valence-corrected chi connectivity index (χ3v) is 1.57. The molecule has 5 nitrogen and oxygen atoms in total. The van der Waals surface area contributed by atoms with E-state index < -0.39 is 12.0 Å². The predicted octanol–water partition coefficient (Wildman–Crippen LogP) is -0.481. The molecule has 5 heteroatoms. The van der Waals surface area contributed by atoms with Gasteiger partial charge in [-0.3, -0.25) is 4.79 Å². The molecule has 2 N–H and O–H groups in total. The van der Waals surface area contributed by atoms with Gasteiger partial charge in [-0.15, -0.1) is 0 Å². The molecule has 0 bridgehead atoms. The van der Waals surface area contributed by atoms with E-state index in [2.05, 4.69) is 14.7 Å². The second-order valence-corrected chi connectivity index (χ2v) is 2.58. The van der Waals surface area contributed by atoms with Crippen LogP contribution in [0, 0.1) is 0 Å². The fourth-order valence-electron chi connectivity index (χ4n) is 0.924. The van der Waals surface area contributed by atoms with Crippen LogP contribution in [-0.4, -0.2) is 29.1 Å². The van der Waals surface area contributed by atoms with Crippen LogP contribution in [0.2, 0.25) is 0 Å². The van der Waals surface area contributed by atoms with Crippen molar-refractivity contribution in [1.82, 2.24) is 9.97 Å². The Labute approximate surface area is 75.9 Å². The first-order chi connectivity index (χ1) is 6.24. The lowest BCUT2D eigenvalue weighted by Crippen LogP contribution is -2.33. The van der Waals surface area contributed by atoms with E-state index in [1.807, 2.05) is 0 Å². The van der Waals surface area contributed by atoms with E-state index in [0.717, 1.165) is 5.56 Å². The van der Waals surface area contributed by atoms with Gasteiger partial charge >= 0.3 is 5.97 Å². The lowest BCUT2D eigenvalue weighted by atomic mass is 10.1. The van der Waals surface area contributed by atoms with Crippen LogP contribution in [0.15, 0.2) is 18.7 Å². The van der Waals surface area contributed by atoms with Gasteiger partial charge in [-0.25, -0.2) is 9.97 Å². The zero-order valence-electron chi connectivity index (χ0n) is 7.30. The topological polar surface area (TPSA) is 78.1 Å². The maximum Gasteiger partial charge on any atom is 0.322 e. The molecule has 1 aromatic rings. The third-order valence-electron chi connectivity index (χ3n) is 1.57. The van der Waals surface area contributed by atoms with Gasteiger partial charge in [-0.1, -0.05) is 0 Å². The molecule has 0 fully saturated rings. The molecule has 0 aliphatic carbocycles. The molecule has 0 amide bonds. The summed E-state index contributed by atoms with van der Waals surface area (Å²) in [6.07, 6.45) is 5.06. The van der Waals surface area contributed by atoms with Gasteiger partial charge in [-0.2, -0.15) is 0 Å². The zero-order chi connectivity index (χ0) is 9.68. The smallest absolute Gasteiger partial charge is 0.322 e. The molecule has 70 valence electrons. The minimum Gasteiger partial charge on any atom is -0.468 e. The molecule has 1 aromatic heterocycles. The number of esters is 1. The highest BCUT2D eigenvalue weighted by atomic mass is 16.5. The highest BCUT2D eigenvalue weighted by Gasteiger charge is 2.13. The van der Waals surface area contributed by atoms with Crippen molar-refractivity contribution in [2.24, 2.45) is 5.73 Å². The molecular formula is C8H11N3O2. The fourth-order valence-corrected chi connectivity index (χ4v) is 0.924. The molecule has 0 radical (unpaired) electrons. The Morgan fingerprint density at radius 2 is 2.23 bits per heavy atom. The molecule has 0 spiro atoms. The van der Waals surface area contributed by atoms with Gasteiger partial charge in [-0.05, 0) is 5.56 Å². The zero-order valence-corrected chi connectivity index (χ0v) is 7.30. The summed E-state index contributed by atoms with van der Waals surface area (Å²) in [4.78, 5) is 18.5. The summed E-state index contributed by atoms with van der Waals surface area (Å²) in [6, 6.07) is -0.643. The van der Waals surface area contributed by atoms with Crippen LogP contribution in [0.4, 0.5) is 0 Å². The van der Waals surface area contributed by atoms with Crippen molar-refractivity contribution in [2.45, 2.75) is 12.5 Å². The Morgan fingerprint density at radius 3 is 2.77 bits per heavy atom. The van der Waals surface area contributed by atoms with E-state index >= 15 is 0 Å². The molecule has 1 rings (SSSR count). The lowest BCUT2D eigenvalue weighted by Gasteiger charge is -2.07. The van der Waals surface area contributed by atoms with E-state index in [-0.39, 0.29) is 0 Å². The van der Waals surface area contributed by atoms with E-state index in [1.165, 1.54) is 13.4 Å². The average Bonchev–Trinajstić information content (AvgIpc) is 2.18. The van der Waals surface area contributed by atoms with Crippen LogP contribution in [0.25, 0.3) is 0 Å². The number of methoxy groups -OCH3 is 1. The molecule has 0 unspecified atom stereocenters. The van der Waals surface area contributed by atoms with E-state index in [9.17, 15) is 4.79 Å². The van der Waals surface area contributed by atoms with Crippen LogP contribution in [0.3, 0.4) is 0 Å². The molecular weight excluding hydrogens is 170 g/mol. The maximum absolute atomic E-state index is 10.9. The number of hydrogen-bond donors (Lipinski definition) is 1. The summed E-state index contributed by atoms with van der Waals surface area (Å²) in [7, 11) is 1.31. The van der Waals surface area contributed by atoms with Crippen LogP contribution >= 0.6 is 0 Å². The van der Waals surface area contributed by atoms with Crippen LogP contribution in [-0.2, 0) is 16.0 Å². The number of ether oxygens (including phenoxy) is 1. The second-order valence-electron chi connectivity index (χ2n) is 2.58. The standard InChI is InChI=1S/C8H11N3O2/c1-13-8(12)7(9)2-6-3-10-5-11-4-6/h3-5,7H,2,9H2,1H3/t7-/m0/s1. The molecule has 0 aliphatic rings. The number of nitrogens with two attached hydrogens (primary N) is 1. The predicted molar refractivity (Wildman–Crippen MR) is 45.7 cm³/mol. The van der Waals surface area contributed by atoms with E-state index in [4.69, 9.17) is 5.73 Å². The SMILES string of the molecule is COC(=O)[C@@H](N)Cc1cncnc1. The Kier molecular flexibility index (Phi) is 3.33. The maximum atomic E-state index is 10.9. The molecule has 0 aliphatic heterocycles. The van der Waals surface area contributed by atoms with Crippen molar-refractivity contribution < 1.29 is 9.53 Å². The van der Waals surface area contributed by atoms with Crippen molar-refractivity contribution in [2.75, 3.05) is 7.11 Å². The second kappa shape index (κ2) is 4.51. The highest BCUT2D eigenvalue weighted by molar-refractivity contribution is 5.75. The van der Waals surface area contributed by atoms with E-state index in [1.54, 1.807) is 12.4 Å². The molecule has 0 aromatic carbocycles. The third kappa shape index (κ3) is 2.79. The summed E-state index contributed by atoms with van der Waals surface area (Å²) in [6.45, 7) is 0. The van der Waals surface area contributed by atoms with Crippen molar-refractivity contribution >= 4 is 5.97 Å². The number of aromatic nitrogens is 2. The number of hydrogen-bond acceptors (Lipinski definition) is 5. The van der Waals surface area contributed by atoms with Gasteiger partial charge in [0, 0.05) is 18.8 Å². The Balaban J connectivity index is 2.55. The number of nitrogens with zero attached hydrogens (tertiary/aromatic N) is 2. The first kappa shape index (κ1) is 9.60. The first-order valence-corrected chi connectivity index (χ1v) is 3.81. The number of carbonyl (C=O) groups is 1. The average molecular weight is 181 g/mol. The van der Waals surface area contributed by atoms with Crippen molar-refractivity contribution in [3.8, 4) is 0 Å². The summed E-state index contributed by atoms with van der Waals surface area (Å²) >= 11 is 0. The van der Waals surface area contributed by atoms with Crippen LogP contribution in [0.1, 0.15) is 5.56 Å². The minimum absolute atomic E-state index is 0.396. The summed E-state index contributed by atoms with van der Waals surface area (Å²) in [5, 5.41) is 0. The van der Waals surface area contributed by atoms with Crippen LogP contribution < -0.4 is 5.73 Å². The highest BCUT2D eigenvalue weighted by Crippen LogP contribution is 1.98.